The zero-order valence-corrected chi connectivity index (χ0v) is 21.9. The highest BCUT2D eigenvalue weighted by molar-refractivity contribution is 6.20. The number of nitrogens with zero attached hydrogens (tertiary/aromatic N) is 3. The zero-order valence-electron chi connectivity index (χ0n) is 21.9. The van der Waals surface area contributed by atoms with Crippen LogP contribution in [0.1, 0.15) is 64.3 Å². The number of aliphatic imine (C=N–C) groups is 2. The number of hydrogen-bond acceptors (Lipinski definition) is 4. The first-order chi connectivity index (χ1) is 18.6. The van der Waals surface area contributed by atoms with Crippen molar-refractivity contribution in [3.63, 3.8) is 0 Å². The van der Waals surface area contributed by atoms with Gasteiger partial charge in [0.2, 0.25) is 5.71 Å². The molecule has 38 heavy (non-hydrogen) atoms. The number of hydrogen-bond donors (Lipinski definition) is 0. The Hall–Kier alpha value is -4.05. The second kappa shape index (κ2) is 8.76. The lowest BCUT2D eigenvalue weighted by atomic mass is 9.74. The van der Waals surface area contributed by atoms with Gasteiger partial charge in [0.15, 0.2) is 0 Å². The van der Waals surface area contributed by atoms with Crippen molar-refractivity contribution in [3.05, 3.63) is 113 Å². The molecule has 2 atom stereocenters. The van der Waals surface area contributed by atoms with E-state index in [9.17, 15) is 0 Å². The summed E-state index contributed by atoms with van der Waals surface area (Å²) >= 11 is 0. The summed E-state index contributed by atoms with van der Waals surface area (Å²) in [5, 5.41) is 2.07. The summed E-state index contributed by atoms with van der Waals surface area (Å²) in [7, 11) is 0. The molecule has 3 aliphatic rings. The van der Waals surface area contributed by atoms with Gasteiger partial charge in [-0.3, -0.25) is 9.98 Å². The van der Waals surface area contributed by atoms with Crippen LogP contribution < -0.4 is 0 Å². The Labute approximate surface area is 223 Å². The van der Waals surface area contributed by atoms with Crippen LogP contribution in [0.3, 0.4) is 0 Å². The highest BCUT2D eigenvalue weighted by Gasteiger charge is 2.35. The van der Waals surface area contributed by atoms with E-state index in [-0.39, 0.29) is 12.0 Å². The molecular weight excluding hydrogens is 466 g/mol. The summed E-state index contributed by atoms with van der Waals surface area (Å²) in [5.74, 6) is 0.206. The van der Waals surface area contributed by atoms with E-state index in [1.54, 1.807) is 0 Å². The number of aromatic nitrogens is 1. The maximum atomic E-state index is 6.44. The Balaban J connectivity index is 1.48. The fourth-order valence-corrected chi connectivity index (χ4v) is 6.79. The molecule has 0 bridgehead atoms. The standard InChI is InChI=1S/C34H31N3O/c1-5-28-31-22(13-16-25-26-14-11-19(3)36-34(26)38-33(25)31)18-27-24-15-12-21-9-7-8-10-23(21)32(24)29(6-2)37-30(27)17-20(4)35-28/h5-6,11-16,27,30H,1-2,4,7-10,17-18H2,3H3/b35-28-. The predicted molar refractivity (Wildman–Crippen MR) is 157 cm³/mol. The maximum absolute atomic E-state index is 6.44. The fourth-order valence-electron chi connectivity index (χ4n) is 6.79. The topological polar surface area (TPSA) is 50.8 Å². The molecule has 2 unspecified atom stereocenters. The first kappa shape index (κ1) is 23.1. The molecule has 2 aliphatic heterocycles. The SMILES string of the molecule is C=CC1=NC2CC(=C)/N=C(/C=C)c3c(ccc4c3oc3nc(C)ccc34)CC2c2ccc3c(c21)CCCC3. The van der Waals surface area contributed by atoms with E-state index in [1.165, 1.54) is 40.7 Å². The van der Waals surface area contributed by atoms with Gasteiger partial charge in [0.1, 0.15) is 5.58 Å². The molecule has 0 saturated heterocycles. The number of rotatable bonds is 2. The summed E-state index contributed by atoms with van der Waals surface area (Å²) in [4.78, 5) is 15.0. The molecule has 0 saturated carbocycles. The van der Waals surface area contributed by atoms with E-state index < -0.39 is 0 Å². The fraction of sp³-hybridized carbons (Fsp3) is 0.265. The number of benzene rings is 2. The molecule has 0 fully saturated rings. The van der Waals surface area contributed by atoms with Crippen molar-refractivity contribution in [3.8, 4) is 0 Å². The molecule has 4 nitrogen and oxygen atoms in total. The highest BCUT2D eigenvalue weighted by Crippen LogP contribution is 2.43. The Morgan fingerprint density at radius 1 is 0.868 bits per heavy atom. The zero-order chi connectivity index (χ0) is 26.0. The number of fused-ring (bicyclic) bond motifs is 10. The molecule has 0 radical (unpaired) electrons. The quantitative estimate of drug-likeness (QED) is 0.284. The summed E-state index contributed by atoms with van der Waals surface area (Å²) in [6.07, 6.45) is 10.0. The minimum atomic E-state index is 0.0427. The van der Waals surface area contributed by atoms with E-state index in [1.807, 2.05) is 25.1 Å². The Morgan fingerprint density at radius 3 is 2.50 bits per heavy atom. The van der Waals surface area contributed by atoms with Crippen LogP contribution in [0.4, 0.5) is 0 Å². The van der Waals surface area contributed by atoms with E-state index >= 15 is 0 Å². The summed E-state index contributed by atoms with van der Waals surface area (Å²) in [6, 6.07) is 13.3. The van der Waals surface area contributed by atoms with Crippen molar-refractivity contribution in [2.45, 2.75) is 57.4 Å². The van der Waals surface area contributed by atoms with Gasteiger partial charge in [0.25, 0.3) is 0 Å². The first-order valence-corrected chi connectivity index (χ1v) is 13.6. The molecule has 7 rings (SSSR count). The largest absolute Gasteiger partial charge is 0.437 e. The van der Waals surface area contributed by atoms with Crippen molar-refractivity contribution in [2.75, 3.05) is 0 Å². The Morgan fingerprint density at radius 2 is 1.66 bits per heavy atom. The first-order valence-electron chi connectivity index (χ1n) is 13.6. The van der Waals surface area contributed by atoms with Gasteiger partial charge in [-0.2, -0.15) is 0 Å². The van der Waals surface area contributed by atoms with Crippen LogP contribution in [0.25, 0.3) is 22.1 Å². The summed E-state index contributed by atoms with van der Waals surface area (Å²) in [5.41, 5.74) is 12.9. The molecule has 4 heterocycles. The monoisotopic (exact) mass is 497 g/mol. The minimum Gasteiger partial charge on any atom is -0.437 e. The normalized spacial score (nSPS) is 22.1. The third-order valence-electron chi connectivity index (χ3n) is 8.53. The number of pyridine rings is 1. The molecule has 0 N–H and O–H groups in total. The molecule has 188 valence electrons. The van der Waals surface area contributed by atoms with E-state index in [2.05, 4.69) is 55.1 Å². The van der Waals surface area contributed by atoms with Crippen molar-refractivity contribution in [2.24, 2.45) is 9.98 Å². The molecule has 0 spiro atoms. The summed E-state index contributed by atoms with van der Waals surface area (Å²) < 4.78 is 6.44. The van der Waals surface area contributed by atoms with Gasteiger partial charge in [0, 0.05) is 45.6 Å². The van der Waals surface area contributed by atoms with Crippen LogP contribution in [-0.4, -0.2) is 22.4 Å². The van der Waals surface area contributed by atoms with Gasteiger partial charge in [-0.1, -0.05) is 44.0 Å². The van der Waals surface area contributed by atoms with Crippen LogP contribution in [0.2, 0.25) is 0 Å². The third kappa shape index (κ3) is 3.47. The van der Waals surface area contributed by atoms with Gasteiger partial charge in [-0.05, 0) is 85.6 Å². The van der Waals surface area contributed by atoms with Crippen LogP contribution in [0, 0.1) is 6.92 Å². The number of aryl methyl sites for hydroxylation is 2. The third-order valence-corrected chi connectivity index (χ3v) is 8.53. The average Bonchev–Trinajstić information content (AvgIpc) is 3.31. The van der Waals surface area contributed by atoms with Crippen molar-refractivity contribution >= 4 is 33.5 Å². The lowest BCUT2D eigenvalue weighted by Gasteiger charge is -2.34. The molecular formula is C34H31N3O. The minimum absolute atomic E-state index is 0.0427. The molecule has 4 heteroatoms. The van der Waals surface area contributed by atoms with Gasteiger partial charge in [0.05, 0.1) is 17.5 Å². The lowest BCUT2D eigenvalue weighted by Crippen LogP contribution is -2.29. The van der Waals surface area contributed by atoms with Crippen LogP contribution in [0.5, 0.6) is 0 Å². The van der Waals surface area contributed by atoms with Crippen LogP contribution >= 0.6 is 0 Å². The highest BCUT2D eigenvalue weighted by atomic mass is 16.3. The molecule has 0 amide bonds. The molecule has 2 aromatic heterocycles. The second-order valence-electron chi connectivity index (χ2n) is 10.8. The van der Waals surface area contributed by atoms with Crippen LogP contribution in [-0.2, 0) is 19.3 Å². The Bertz CT molecular complexity index is 1750. The van der Waals surface area contributed by atoms with E-state index in [4.69, 9.17) is 14.4 Å². The number of allylic oxidation sites excluding steroid dienone is 2. The van der Waals surface area contributed by atoms with Crippen molar-refractivity contribution in [1.82, 2.24) is 4.98 Å². The second-order valence-corrected chi connectivity index (χ2v) is 10.8. The maximum Gasteiger partial charge on any atom is 0.227 e. The Kier molecular flexibility index (Phi) is 5.33. The smallest absolute Gasteiger partial charge is 0.227 e. The predicted octanol–water partition coefficient (Wildman–Crippen LogP) is 7.74. The van der Waals surface area contributed by atoms with Gasteiger partial charge >= 0.3 is 0 Å². The van der Waals surface area contributed by atoms with Crippen LogP contribution in [0.15, 0.2) is 88.4 Å². The molecule has 1 aliphatic carbocycles. The van der Waals surface area contributed by atoms with Gasteiger partial charge < -0.3 is 4.42 Å². The van der Waals surface area contributed by atoms with E-state index in [0.717, 1.165) is 64.0 Å². The average molecular weight is 498 g/mol. The molecule has 2 aromatic carbocycles. The lowest BCUT2D eigenvalue weighted by molar-refractivity contribution is 0.516. The van der Waals surface area contributed by atoms with Gasteiger partial charge in [-0.25, -0.2) is 4.98 Å². The van der Waals surface area contributed by atoms with Crippen molar-refractivity contribution < 1.29 is 4.42 Å². The van der Waals surface area contributed by atoms with E-state index in [0.29, 0.717) is 12.1 Å². The molecule has 4 aromatic rings. The van der Waals surface area contributed by atoms with Crippen molar-refractivity contribution in [1.29, 1.82) is 0 Å². The number of furan rings is 1. The summed E-state index contributed by atoms with van der Waals surface area (Å²) in [6.45, 7) is 14.6. The van der Waals surface area contributed by atoms with Gasteiger partial charge in [-0.15, -0.1) is 0 Å².